The molecule has 0 bridgehead atoms. The van der Waals surface area contributed by atoms with E-state index in [4.69, 9.17) is 11.6 Å². The summed E-state index contributed by atoms with van der Waals surface area (Å²) in [6.07, 6.45) is 2.16. The number of benzene rings is 1. The quantitative estimate of drug-likeness (QED) is 0.863. The summed E-state index contributed by atoms with van der Waals surface area (Å²) < 4.78 is 12.1. The Morgan fingerprint density at radius 2 is 2.07 bits per heavy atom. The van der Waals surface area contributed by atoms with E-state index < -0.39 is 10.8 Å². The Labute approximate surface area is 97.5 Å². The average Bonchev–Trinajstić information content (AvgIpc) is 2.30. The fourth-order valence-electron chi connectivity index (χ4n) is 1.76. The third kappa shape index (κ3) is 2.80. The van der Waals surface area contributed by atoms with E-state index >= 15 is 0 Å². The second kappa shape index (κ2) is 5.10. The van der Waals surface area contributed by atoms with Crippen LogP contribution in [0.2, 0.25) is 5.02 Å². The van der Waals surface area contributed by atoms with Crippen molar-refractivity contribution >= 4 is 22.4 Å². The number of rotatable bonds is 2. The Balaban J connectivity index is 2.09. The SMILES string of the molecule is O=S(c1ccc(Cl)cc1)C1CCCNC1. The lowest BCUT2D eigenvalue weighted by molar-refractivity contribution is 0.519. The topological polar surface area (TPSA) is 29.1 Å². The van der Waals surface area contributed by atoms with Crippen molar-refractivity contribution in [3.8, 4) is 0 Å². The summed E-state index contributed by atoms with van der Waals surface area (Å²) in [5.74, 6) is 0. The molecule has 1 saturated heterocycles. The van der Waals surface area contributed by atoms with E-state index in [2.05, 4.69) is 5.32 Å². The van der Waals surface area contributed by atoms with E-state index in [1.165, 1.54) is 0 Å². The highest BCUT2D eigenvalue weighted by atomic mass is 35.5. The fraction of sp³-hybridized carbons (Fsp3) is 0.455. The molecular formula is C11H14ClNOS. The average molecular weight is 244 g/mol. The standard InChI is InChI=1S/C11H14ClNOS/c12-9-3-5-10(6-4-9)15(14)11-2-1-7-13-8-11/h3-6,11,13H,1-2,7-8H2. The van der Waals surface area contributed by atoms with Crippen molar-refractivity contribution < 1.29 is 4.21 Å². The molecular weight excluding hydrogens is 230 g/mol. The van der Waals surface area contributed by atoms with Gasteiger partial charge in [0.25, 0.3) is 0 Å². The van der Waals surface area contributed by atoms with E-state index in [-0.39, 0.29) is 5.25 Å². The van der Waals surface area contributed by atoms with Crippen LogP contribution < -0.4 is 5.32 Å². The summed E-state index contributed by atoms with van der Waals surface area (Å²) in [5.41, 5.74) is 0. The first-order chi connectivity index (χ1) is 7.27. The summed E-state index contributed by atoms with van der Waals surface area (Å²) >= 11 is 5.79. The summed E-state index contributed by atoms with van der Waals surface area (Å²) in [7, 11) is -0.899. The van der Waals surface area contributed by atoms with E-state index in [9.17, 15) is 4.21 Å². The normalized spacial score (nSPS) is 23.7. The van der Waals surface area contributed by atoms with Gasteiger partial charge in [0.1, 0.15) is 0 Å². The molecule has 1 heterocycles. The Morgan fingerprint density at radius 3 is 2.67 bits per heavy atom. The smallest absolute Gasteiger partial charge is 0.0573 e. The number of piperidine rings is 1. The van der Waals surface area contributed by atoms with E-state index in [0.717, 1.165) is 30.8 Å². The highest BCUT2D eigenvalue weighted by Gasteiger charge is 2.20. The molecule has 1 aromatic rings. The molecule has 82 valence electrons. The van der Waals surface area contributed by atoms with Crippen molar-refractivity contribution in [1.29, 1.82) is 0 Å². The second-order valence-electron chi connectivity index (χ2n) is 3.72. The first kappa shape index (κ1) is 11.1. The van der Waals surface area contributed by atoms with E-state index in [1.54, 1.807) is 12.1 Å². The van der Waals surface area contributed by atoms with Gasteiger partial charge >= 0.3 is 0 Å². The zero-order valence-electron chi connectivity index (χ0n) is 8.41. The summed E-state index contributed by atoms with van der Waals surface area (Å²) in [6.45, 7) is 1.91. The summed E-state index contributed by atoms with van der Waals surface area (Å²) in [6, 6.07) is 7.30. The van der Waals surface area contributed by atoms with Gasteiger partial charge in [-0.25, -0.2) is 0 Å². The Bertz CT molecular complexity index is 346. The molecule has 2 unspecified atom stereocenters. The van der Waals surface area contributed by atoms with Crippen LogP contribution in [0, 0.1) is 0 Å². The van der Waals surface area contributed by atoms with Gasteiger partial charge in [0.15, 0.2) is 0 Å². The zero-order valence-corrected chi connectivity index (χ0v) is 9.98. The van der Waals surface area contributed by atoms with Crippen LogP contribution in [-0.4, -0.2) is 22.5 Å². The number of hydrogen-bond acceptors (Lipinski definition) is 2. The molecule has 1 aromatic carbocycles. The molecule has 1 aliphatic rings. The van der Waals surface area contributed by atoms with Gasteiger partial charge in [-0.3, -0.25) is 4.21 Å². The maximum Gasteiger partial charge on any atom is 0.0573 e. The molecule has 4 heteroatoms. The number of halogens is 1. The van der Waals surface area contributed by atoms with Gasteiger partial charge in [-0.2, -0.15) is 0 Å². The monoisotopic (exact) mass is 243 g/mol. The molecule has 0 aromatic heterocycles. The highest BCUT2D eigenvalue weighted by Crippen LogP contribution is 2.18. The van der Waals surface area contributed by atoms with Gasteiger partial charge in [-0.15, -0.1) is 0 Å². The Kier molecular flexibility index (Phi) is 3.78. The van der Waals surface area contributed by atoms with Crippen LogP contribution in [0.3, 0.4) is 0 Å². The molecule has 2 nitrogen and oxygen atoms in total. The third-order valence-electron chi connectivity index (χ3n) is 2.60. The Morgan fingerprint density at radius 1 is 1.33 bits per heavy atom. The fourth-order valence-corrected chi connectivity index (χ4v) is 3.33. The van der Waals surface area contributed by atoms with Crippen molar-refractivity contribution in [2.24, 2.45) is 0 Å². The molecule has 0 spiro atoms. The van der Waals surface area contributed by atoms with Crippen molar-refractivity contribution in [1.82, 2.24) is 5.32 Å². The van der Waals surface area contributed by atoms with Crippen LogP contribution in [0.15, 0.2) is 29.2 Å². The first-order valence-electron chi connectivity index (χ1n) is 5.14. The number of nitrogens with one attached hydrogen (secondary N) is 1. The molecule has 2 rings (SSSR count). The van der Waals surface area contributed by atoms with Crippen LogP contribution in [0.25, 0.3) is 0 Å². The predicted molar refractivity (Wildman–Crippen MR) is 63.8 cm³/mol. The third-order valence-corrected chi connectivity index (χ3v) is 4.60. The molecule has 0 radical (unpaired) electrons. The van der Waals surface area contributed by atoms with Gasteiger partial charge in [-0.1, -0.05) is 11.6 Å². The van der Waals surface area contributed by atoms with Crippen molar-refractivity contribution in [3.63, 3.8) is 0 Å². The lowest BCUT2D eigenvalue weighted by Crippen LogP contribution is -2.36. The van der Waals surface area contributed by atoms with Crippen LogP contribution in [0.4, 0.5) is 0 Å². The molecule has 1 aliphatic heterocycles. The maximum absolute atomic E-state index is 12.1. The van der Waals surface area contributed by atoms with Gasteiger partial charge in [0.2, 0.25) is 0 Å². The molecule has 15 heavy (non-hydrogen) atoms. The molecule has 0 saturated carbocycles. The number of hydrogen-bond donors (Lipinski definition) is 1. The lowest BCUT2D eigenvalue weighted by Gasteiger charge is -2.22. The van der Waals surface area contributed by atoms with Crippen LogP contribution in [0.1, 0.15) is 12.8 Å². The maximum atomic E-state index is 12.1. The van der Waals surface area contributed by atoms with Crippen molar-refractivity contribution in [2.75, 3.05) is 13.1 Å². The predicted octanol–water partition coefficient (Wildman–Crippen LogP) is 2.20. The second-order valence-corrected chi connectivity index (χ2v) is 5.89. The first-order valence-corrected chi connectivity index (χ1v) is 6.73. The van der Waals surface area contributed by atoms with Gasteiger partial charge in [0.05, 0.1) is 16.0 Å². The largest absolute Gasteiger partial charge is 0.316 e. The van der Waals surface area contributed by atoms with Crippen molar-refractivity contribution in [3.05, 3.63) is 29.3 Å². The van der Waals surface area contributed by atoms with Crippen LogP contribution >= 0.6 is 11.6 Å². The lowest BCUT2D eigenvalue weighted by atomic mass is 10.2. The Hall–Kier alpha value is -0.380. The summed E-state index contributed by atoms with van der Waals surface area (Å²) in [5, 5.41) is 4.22. The van der Waals surface area contributed by atoms with Gasteiger partial charge < -0.3 is 5.32 Å². The molecule has 1 fully saturated rings. The molecule has 2 atom stereocenters. The van der Waals surface area contributed by atoms with Crippen LogP contribution in [-0.2, 0) is 10.8 Å². The minimum absolute atomic E-state index is 0.250. The van der Waals surface area contributed by atoms with Crippen LogP contribution in [0.5, 0.6) is 0 Å². The zero-order chi connectivity index (χ0) is 10.7. The molecule has 1 N–H and O–H groups in total. The molecule has 0 amide bonds. The van der Waals surface area contributed by atoms with Gasteiger partial charge in [-0.05, 0) is 43.7 Å². The molecule has 0 aliphatic carbocycles. The van der Waals surface area contributed by atoms with E-state index in [0.29, 0.717) is 5.02 Å². The minimum Gasteiger partial charge on any atom is -0.316 e. The minimum atomic E-state index is -0.899. The summed E-state index contributed by atoms with van der Waals surface area (Å²) in [4.78, 5) is 0.883. The van der Waals surface area contributed by atoms with E-state index in [1.807, 2.05) is 12.1 Å². The van der Waals surface area contributed by atoms with Gasteiger partial charge in [0, 0.05) is 16.5 Å². The highest BCUT2D eigenvalue weighted by molar-refractivity contribution is 7.85. The van der Waals surface area contributed by atoms with Crippen molar-refractivity contribution in [2.45, 2.75) is 23.0 Å².